The third-order valence-electron chi connectivity index (χ3n) is 1.97. The summed E-state index contributed by atoms with van der Waals surface area (Å²) in [6.45, 7) is 9.06. The summed E-state index contributed by atoms with van der Waals surface area (Å²) in [6.07, 6.45) is 1.73. The van der Waals surface area contributed by atoms with E-state index in [0.717, 1.165) is 4.47 Å². The Balaban J connectivity index is 2.54. The van der Waals surface area contributed by atoms with E-state index in [1.807, 2.05) is 12.1 Å². The summed E-state index contributed by atoms with van der Waals surface area (Å²) in [5, 5.41) is 3.44. The van der Waals surface area contributed by atoms with Crippen LogP contribution in [-0.2, 0) is 0 Å². The van der Waals surface area contributed by atoms with Crippen LogP contribution in [-0.4, -0.2) is 23.2 Å². The van der Waals surface area contributed by atoms with Crippen molar-refractivity contribution in [2.75, 3.05) is 6.61 Å². The highest BCUT2D eigenvalue weighted by Gasteiger charge is 2.20. The van der Waals surface area contributed by atoms with Crippen molar-refractivity contribution in [3.05, 3.63) is 22.8 Å². The van der Waals surface area contributed by atoms with Crippen LogP contribution in [0.15, 0.2) is 22.8 Å². The molecule has 0 spiro atoms. The lowest BCUT2D eigenvalue weighted by Gasteiger charge is -2.28. The molecule has 0 saturated carbocycles. The number of nitrogens with one attached hydrogen (secondary N) is 1. The highest BCUT2D eigenvalue weighted by molar-refractivity contribution is 9.10. The van der Waals surface area contributed by atoms with E-state index in [1.54, 1.807) is 6.20 Å². The summed E-state index contributed by atoms with van der Waals surface area (Å²) in [5.41, 5.74) is -0.0644. The largest absolute Gasteiger partial charge is 0.475 e. The molecule has 0 radical (unpaired) electrons. The van der Waals surface area contributed by atoms with Gasteiger partial charge in [0.2, 0.25) is 5.88 Å². The minimum atomic E-state index is -0.0644. The van der Waals surface area contributed by atoms with E-state index in [1.165, 1.54) is 0 Å². The van der Waals surface area contributed by atoms with E-state index >= 15 is 0 Å². The maximum absolute atomic E-state index is 5.68. The molecule has 90 valence electrons. The molecule has 3 nitrogen and oxygen atoms in total. The summed E-state index contributed by atoms with van der Waals surface area (Å²) in [6, 6.07) is 4.23. The van der Waals surface area contributed by atoms with Gasteiger partial charge < -0.3 is 10.1 Å². The van der Waals surface area contributed by atoms with Crippen LogP contribution >= 0.6 is 15.9 Å². The molecule has 1 aromatic rings. The van der Waals surface area contributed by atoms with Crippen LogP contribution < -0.4 is 10.1 Å². The Morgan fingerprint density at radius 1 is 1.50 bits per heavy atom. The zero-order valence-corrected chi connectivity index (χ0v) is 11.8. The van der Waals surface area contributed by atoms with E-state index in [9.17, 15) is 0 Å². The molecule has 16 heavy (non-hydrogen) atoms. The molecule has 0 amide bonds. The standard InChI is InChI=1S/C12H19BrN2O/c1-9(2)15-12(3,4)8-16-11-10(13)6-5-7-14-11/h5-7,9,15H,8H2,1-4H3. The Labute approximate surface area is 106 Å². The van der Waals surface area contributed by atoms with Gasteiger partial charge >= 0.3 is 0 Å². The zero-order valence-electron chi connectivity index (χ0n) is 10.2. The smallest absolute Gasteiger partial charge is 0.227 e. The van der Waals surface area contributed by atoms with Gasteiger partial charge in [-0.2, -0.15) is 0 Å². The number of nitrogens with zero attached hydrogens (tertiary/aromatic N) is 1. The van der Waals surface area contributed by atoms with Crippen LogP contribution in [0.1, 0.15) is 27.7 Å². The first-order chi connectivity index (χ1) is 7.41. The molecule has 0 atom stereocenters. The van der Waals surface area contributed by atoms with E-state index in [2.05, 4.69) is 53.9 Å². The Hall–Kier alpha value is -0.610. The fourth-order valence-corrected chi connectivity index (χ4v) is 1.92. The molecule has 0 aromatic carbocycles. The average molecular weight is 287 g/mol. The van der Waals surface area contributed by atoms with Crippen LogP contribution in [0.25, 0.3) is 0 Å². The predicted molar refractivity (Wildman–Crippen MR) is 69.8 cm³/mol. The van der Waals surface area contributed by atoms with Crippen molar-refractivity contribution in [1.82, 2.24) is 10.3 Å². The van der Waals surface area contributed by atoms with E-state index in [0.29, 0.717) is 18.5 Å². The number of ether oxygens (including phenoxy) is 1. The molecule has 4 heteroatoms. The SMILES string of the molecule is CC(C)NC(C)(C)COc1ncccc1Br. The zero-order chi connectivity index (χ0) is 12.2. The van der Waals surface area contributed by atoms with Crippen LogP contribution in [0.4, 0.5) is 0 Å². The summed E-state index contributed by atoms with van der Waals surface area (Å²) >= 11 is 3.41. The molecule has 0 aliphatic heterocycles. The van der Waals surface area contributed by atoms with Gasteiger partial charge in [-0.25, -0.2) is 4.98 Å². The van der Waals surface area contributed by atoms with Gasteiger partial charge in [0.25, 0.3) is 0 Å². The fraction of sp³-hybridized carbons (Fsp3) is 0.583. The number of halogens is 1. The highest BCUT2D eigenvalue weighted by Crippen LogP contribution is 2.21. The molecule has 0 saturated heterocycles. The van der Waals surface area contributed by atoms with Gasteiger partial charge in [-0.3, -0.25) is 0 Å². The van der Waals surface area contributed by atoms with Crippen LogP contribution in [0.2, 0.25) is 0 Å². The predicted octanol–water partition coefficient (Wildman–Crippen LogP) is 3.00. The number of rotatable bonds is 5. The van der Waals surface area contributed by atoms with Crippen molar-refractivity contribution in [2.45, 2.75) is 39.3 Å². The second-order valence-corrected chi connectivity index (χ2v) is 5.62. The first-order valence-corrected chi connectivity index (χ1v) is 6.21. The van der Waals surface area contributed by atoms with Crippen molar-refractivity contribution in [2.24, 2.45) is 0 Å². The third-order valence-corrected chi connectivity index (χ3v) is 2.58. The molecule has 0 unspecified atom stereocenters. The first kappa shape index (κ1) is 13.5. The van der Waals surface area contributed by atoms with Crippen molar-refractivity contribution >= 4 is 15.9 Å². The van der Waals surface area contributed by atoms with E-state index in [4.69, 9.17) is 4.74 Å². The molecule has 0 aliphatic carbocycles. The lowest BCUT2D eigenvalue weighted by molar-refractivity contribution is 0.192. The number of aromatic nitrogens is 1. The molecule has 1 heterocycles. The average Bonchev–Trinajstić information content (AvgIpc) is 2.14. The van der Waals surface area contributed by atoms with Gasteiger partial charge in [0.15, 0.2) is 0 Å². The van der Waals surface area contributed by atoms with Gasteiger partial charge in [0, 0.05) is 17.8 Å². The maximum Gasteiger partial charge on any atom is 0.227 e. The molecule has 1 aromatic heterocycles. The Bertz CT molecular complexity index is 340. The maximum atomic E-state index is 5.68. The number of hydrogen-bond donors (Lipinski definition) is 1. The normalized spacial score (nSPS) is 11.9. The van der Waals surface area contributed by atoms with Crippen molar-refractivity contribution < 1.29 is 4.74 Å². The van der Waals surface area contributed by atoms with Crippen LogP contribution in [0.5, 0.6) is 5.88 Å². The minimum Gasteiger partial charge on any atom is -0.475 e. The molecule has 0 aliphatic rings. The summed E-state index contributed by atoms with van der Waals surface area (Å²) < 4.78 is 6.57. The van der Waals surface area contributed by atoms with Gasteiger partial charge in [0.05, 0.1) is 4.47 Å². The Kier molecular flexibility index (Phi) is 4.74. The summed E-state index contributed by atoms with van der Waals surface area (Å²) in [5.74, 6) is 0.640. The molecule has 1 rings (SSSR count). The molecular formula is C12H19BrN2O. The second-order valence-electron chi connectivity index (χ2n) is 4.76. The van der Waals surface area contributed by atoms with E-state index in [-0.39, 0.29) is 5.54 Å². The topological polar surface area (TPSA) is 34.1 Å². The molecule has 1 N–H and O–H groups in total. The summed E-state index contributed by atoms with van der Waals surface area (Å²) in [7, 11) is 0. The first-order valence-electron chi connectivity index (χ1n) is 5.42. The lowest BCUT2D eigenvalue weighted by atomic mass is 10.1. The minimum absolute atomic E-state index is 0.0644. The fourth-order valence-electron chi connectivity index (χ4n) is 1.55. The molecule has 0 bridgehead atoms. The van der Waals surface area contributed by atoms with Crippen molar-refractivity contribution in [3.8, 4) is 5.88 Å². The molecular weight excluding hydrogens is 268 g/mol. The number of hydrogen-bond acceptors (Lipinski definition) is 3. The number of pyridine rings is 1. The van der Waals surface area contributed by atoms with Crippen molar-refractivity contribution in [3.63, 3.8) is 0 Å². The van der Waals surface area contributed by atoms with E-state index < -0.39 is 0 Å². The highest BCUT2D eigenvalue weighted by atomic mass is 79.9. The second kappa shape index (κ2) is 5.64. The summed E-state index contributed by atoms with van der Waals surface area (Å²) in [4.78, 5) is 4.16. The third kappa shape index (κ3) is 4.49. The lowest BCUT2D eigenvalue weighted by Crippen LogP contribution is -2.48. The molecule has 0 fully saturated rings. The van der Waals surface area contributed by atoms with Crippen LogP contribution in [0, 0.1) is 0 Å². The van der Waals surface area contributed by atoms with Gasteiger partial charge in [-0.15, -0.1) is 0 Å². The quantitative estimate of drug-likeness (QED) is 0.904. The monoisotopic (exact) mass is 286 g/mol. The van der Waals surface area contributed by atoms with Gasteiger partial charge in [-0.1, -0.05) is 13.8 Å². The van der Waals surface area contributed by atoms with Gasteiger partial charge in [0.1, 0.15) is 6.61 Å². The van der Waals surface area contributed by atoms with Crippen molar-refractivity contribution in [1.29, 1.82) is 0 Å². The van der Waals surface area contributed by atoms with Crippen LogP contribution in [0.3, 0.4) is 0 Å². The Morgan fingerprint density at radius 2 is 2.19 bits per heavy atom. The Morgan fingerprint density at radius 3 is 2.75 bits per heavy atom. The van der Waals surface area contributed by atoms with Gasteiger partial charge in [-0.05, 0) is 41.9 Å².